The van der Waals surface area contributed by atoms with Crippen LogP contribution in [0.3, 0.4) is 0 Å². The second-order valence-electron chi connectivity index (χ2n) is 6.56. The SMILES string of the molecule is COC(=O)C[C@@H](NC(=O)N1CCc2[nH]cnc2[C@H]1c1cccc(Cl)c1Cl)C(=O)OC. The van der Waals surface area contributed by atoms with E-state index in [1.807, 2.05) is 0 Å². The molecule has 0 unspecified atom stereocenters. The quantitative estimate of drug-likeness (QED) is 0.670. The maximum absolute atomic E-state index is 13.2. The van der Waals surface area contributed by atoms with Crippen LogP contribution in [-0.2, 0) is 25.5 Å². The van der Waals surface area contributed by atoms with Crippen LogP contribution in [0.2, 0.25) is 10.0 Å². The Labute approximate surface area is 182 Å². The Morgan fingerprint density at radius 1 is 1.30 bits per heavy atom. The summed E-state index contributed by atoms with van der Waals surface area (Å²) in [7, 11) is 2.36. The molecule has 160 valence electrons. The second-order valence-corrected chi connectivity index (χ2v) is 7.35. The molecule has 0 fully saturated rings. The summed E-state index contributed by atoms with van der Waals surface area (Å²) < 4.78 is 9.30. The number of ether oxygens (including phenoxy) is 2. The standard InChI is InChI=1S/C19H20Cl2N4O5/c1-29-14(26)8-13(18(27)30-2)24-19(28)25-7-6-12-16(23-9-22-12)17(25)10-4-3-5-11(20)15(10)21/h3-5,9,13,17H,6-8H2,1-2H3,(H,22,23)(H,24,28)/t13-,17-/m1/s1. The van der Waals surface area contributed by atoms with Crippen molar-refractivity contribution in [2.24, 2.45) is 0 Å². The summed E-state index contributed by atoms with van der Waals surface area (Å²) in [5.41, 5.74) is 2.09. The molecule has 2 aromatic rings. The van der Waals surface area contributed by atoms with Crippen LogP contribution >= 0.6 is 23.2 Å². The zero-order valence-electron chi connectivity index (χ0n) is 16.3. The summed E-state index contributed by atoms with van der Waals surface area (Å²) in [6, 6.07) is 2.72. The van der Waals surface area contributed by atoms with Crippen molar-refractivity contribution in [1.82, 2.24) is 20.2 Å². The molecule has 0 saturated carbocycles. The topological polar surface area (TPSA) is 114 Å². The molecule has 2 atom stereocenters. The fourth-order valence-electron chi connectivity index (χ4n) is 3.36. The molecule has 2 amide bonds. The number of urea groups is 1. The lowest BCUT2D eigenvalue weighted by Crippen LogP contribution is -2.52. The average Bonchev–Trinajstić information content (AvgIpc) is 3.22. The smallest absolute Gasteiger partial charge is 0.329 e. The number of imidazole rings is 1. The average molecular weight is 455 g/mol. The lowest BCUT2D eigenvalue weighted by Gasteiger charge is -2.36. The third-order valence-electron chi connectivity index (χ3n) is 4.84. The van der Waals surface area contributed by atoms with Crippen LogP contribution in [0, 0.1) is 0 Å². The van der Waals surface area contributed by atoms with Crippen LogP contribution in [0.5, 0.6) is 0 Å². The summed E-state index contributed by atoms with van der Waals surface area (Å²) in [6.45, 7) is 0.320. The van der Waals surface area contributed by atoms with Gasteiger partial charge in [-0.05, 0) is 6.07 Å². The second kappa shape index (κ2) is 9.36. The Balaban J connectivity index is 1.94. The Kier molecular flexibility index (Phi) is 6.84. The number of carbonyl (C=O) groups excluding carboxylic acids is 3. The number of hydrogen-bond donors (Lipinski definition) is 2. The van der Waals surface area contributed by atoms with E-state index in [2.05, 4.69) is 20.0 Å². The van der Waals surface area contributed by atoms with Gasteiger partial charge in [0.2, 0.25) is 0 Å². The molecule has 1 aromatic heterocycles. The molecule has 0 saturated heterocycles. The number of amides is 2. The molecule has 0 spiro atoms. The third-order valence-corrected chi connectivity index (χ3v) is 5.68. The van der Waals surface area contributed by atoms with Crippen molar-refractivity contribution in [3.8, 4) is 0 Å². The van der Waals surface area contributed by atoms with Gasteiger partial charge in [-0.25, -0.2) is 14.6 Å². The van der Waals surface area contributed by atoms with E-state index in [0.29, 0.717) is 34.3 Å². The van der Waals surface area contributed by atoms with E-state index in [1.165, 1.54) is 19.1 Å². The van der Waals surface area contributed by atoms with Crippen LogP contribution in [0.1, 0.15) is 29.4 Å². The van der Waals surface area contributed by atoms with Crippen LogP contribution in [0.15, 0.2) is 24.5 Å². The molecule has 0 aliphatic carbocycles. The van der Waals surface area contributed by atoms with E-state index >= 15 is 0 Å². The summed E-state index contributed by atoms with van der Waals surface area (Å²) in [5.74, 6) is -1.42. The number of carbonyl (C=O) groups is 3. The number of H-pyrrole nitrogens is 1. The van der Waals surface area contributed by atoms with Crippen LogP contribution in [0.25, 0.3) is 0 Å². The van der Waals surface area contributed by atoms with Crippen molar-refractivity contribution in [3.05, 3.63) is 51.5 Å². The Bertz CT molecular complexity index is 964. The third kappa shape index (κ3) is 4.36. The first kappa shape index (κ1) is 21.9. The van der Waals surface area contributed by atoms with E-state index in [-0.39, 0.29) is 6.42 Å². The van der Waals surface area contributed by atoms with E-state index in [1.54, 1.807) is 24.5 Å². The van der Waals surface area contributed by atoms with E-state index in [4.69, 9.17) is 27.9 Å². The molecular weight excluding hydrogens is 435 g/mol. The molecule has 1 aliphatic heterocycles. The Hall–Kier alpha value is -2.78. The number of esters is 2. The van der Waals surface area contributed by atoms with Gasteiger partial charge in [-0.3, -0.25) is 4.79 Å². The molecule has 2 heterocycles. The first-order valence-corrected chi connectivity index (χ1v) is 9.80. The van der Waals surface area contributed by atoms with Crippen LogP contribution in [0.4, 0.5) is 4.79 Å². The van der Waals surface area contributed by atoms with Crippen molar-refractivity contribution in [3.63, 3.8) is 0 Å². The monoisotopic (exact) mass is 454 g/mol. The van der Waals surface area contributed by atoms with Crippen molar-refractivity contribution in [1.29, 1.82) is 0 Å². The number of nitrogens with one attached hydrogen (secondary N) is 2. The highest BCUT2D eigenvalue weighted by Crippen LogP contribution is 2.39. The van der Waals surface area contributed by atoms with Crippen molar-refractivity contribution < 1.29 is 23.9 Å². The molecule has 3 rings (SSSR count). The normalized spacial score (nSPS) is 16.4. The number of benzene rings is 1. The predicted octanol–water partition coefficient (Wildman–Crippen LogP) is 2.48. The number of halogens is 2. The van der Waals surface area contributed by atoms with Gasteiger partial charge in [0, 0.05) is 24.2 Å². The van der Waals surface area contributed by atoms with Gasteiger partial charge < -0.3 is 24.7 Å². The van der Waals surface area contributed by atoms with Crippen molar-refractivity contribution in [2.75, 3.05) is 20.8 Å². The van der Waals surface area contributed by atoms with Gasteiger partial charge in [0.25, 0.3) is 0 Å². The lowest BCUT2D eigenvalue weighted by atomic mass is 9.96. The van der Waals surface area contributed by atoms with Crippen LogP contribution < -0.4 is 5.32 Å². The van der Waals surface area contributed by atoms with Crippen molar-refractivity contribution >= 4 is 41.2 Å². The van der Waals surface area contributed by atoms with E-state index in [9.17, 15) is 14.4 Å². The molecule has 2 N–H and O–H groups in total. The highest BCUT2D eigenvalue weighted by atomic mass is 35.5. The minimum absolute atomic E-state index is 0.303. The lowest BCUT2D eigenvalue weighted by molar-refractivity contribution is -0.149. The predicted molar refractivity (Wildman–Crippen MR) is 108 cm³/mol. The fraction of sp³-hybridized carbons (Fsp3) is 0.368. The maximum Gasteiger partial charge on any atom is 0.329 e. The summed E-state index contributed by atoms with van der Waals surface area (Å²) >= 11 is 12.6. The Morgan fingerprint density at radius 2 is 2.07 bits per heavy atom. The summed E-state index contributed by atoms with van der Waals surface area (Å²) in [4.78, 5) is 45.8. The van der Waals surface area contributed by atoms with Gasteiger partial charge in [0.1, 0.15) is 12.1 Å². The number of nitrogens with zero attached hydrogens (tertiary/aromatic N) is 2. The van der Waals surface area contributed by atoms with Gasteiger partial charge in [0.15, 0.2) is 0 Å². The first-order chi connectivity index (χ1) is 14.4. The first-order valence-electron chi connectivity index (χ1n) is 9.05. The van der Waals surface area contributed by atoms with Gasteiger partial charge in [-0.1, -0.05) is 35.3 Å². The van der Waals surface area contributed by atoms with Gasteiger partial charge >= 0.3 is 18.0 Å². The zero-order valence-corrected chi connectivity index (χ0v) is 17.8. The minimum atomic E-state index is -1.20. The van der Waals surface area contributed by atoms with Crippen LogP contribution in [-0.4, -0.2) is 59.6 Å². The number of hydrogen-bond acceptors (Lipinski definition) is 6. The van der Waals surface area contributed by atoms with E-state index < -0.39 is 30.1 Å². The fourth-order valence-corrected chi connectivity index (χ4v) is 3.77. The molecule has 0 bridgehead atoms. The number of aromatic nitrogens is 2. The highest BCUT2D eigenvalue weighted by molar-refractivity contribution is 6.42. The molecule has 9 nitrogen and oxygen atoms in total. The molecule has 11 heteroatoms. The highest BCUT2D eigenvalue weighted by Gasteiger charge is 2.37. The molecule has 0 radical (unpaired) electrons. The molecule has 1 aliphatic rings. The Morgan fingerprint density at radius 3 is 2.77 bits per heavy atom. The molecule has 1 aromatic carbocycles. The summed E-state index contributed by atoms with van der Waals surface area (Å²) in [5, 5.41) is 3.20. The zero-order chi connectivity index (χ0) is 21.8. The van der Waals surface area contributed by atoms with Gasteiger partial charge in [-0.2, -0.15) is 0 Å². The molecular formula is C19H20Cl2N4O5. The number of rotatable bonds is 5. The van der Waals surface area contributed by atoms with E-state index in [0.717, 1.165) is 5.69 Å². The van der Waals surface area contributed by atoms with Gasteiger partial charge in [0.05, 0.1) is 42.7 Å². The summed E-state index contributed by atoms with van der Waals surface area (Å²) in [6.07, 6.45) is 1.71. The minimum Gasteiger partial charge on any atom is -0.469 e. The number of fused-ring (bicyclic) bond motifs is 1. The number of aromatic amines is 1. The molecule has 30 heavy (non-hydrogen) atoms. The maximum atomic E-state index is 13.2. The van der Waals surface area contributed by atoms with Crippen molar-refractivity contribution in [2.45, 2.75) is 24.9 Å². The largest absolute Gasteiger partial charge is 0.469 e. The van der Waals surface area contributed by atoms with Gasteiger partial charge in [-0.15, -0.1) is 0 Å². The number of methoxy groups -OCH3 is 2.